The normalized spacial score (nSPS) is 16.1. The van der Waals surface area contributed by atoms with Crippen LogP contribution in [0.15, 0.2) is 18.2 Å². The van der Waals surface area contributed by atoms with Crippen LogP contribution in [-0.4, -0.2) is 11.8 Å². The largest absolute Gasteiger partial charge is 0.327 e. The highest BCUT2D eigenvalue weighted by Gasteiger charge is 2.10. The zero-order valence-electron chi connectivity index (χ0n) is 10.0. The summed E-state index contributed by atoms with van der Waals surface area (Å²) < 4.78 is 0. The third kappa shape index (κ3) is 3.02. The predicted octanol–water partition coefficient (Wildman–Crippen LogP) is 3.15. The second-order valence-electron chi connectivity index (χ2n) is 4.64. The van der Waals surface area contributed by atoms with E-state index in [1.54, 1.807) is 11.1 Å². The van der Waals surface area contributed by atoms with Crippen molar-refractivity contribution < 1.29 is 0 Å². The van der Waals surface area contributed by atoms with Crippen molar-refractivity contribution in [3.63, 3.8) is 0 Å². The Hall–Kier alpha value is -0.470. The molecule has 0 amide bonds. The Morgan fingerprint density at radius 3 is 2.94 bits per heavy atom. The third-order valence-corrected chi connectivity index (χ3v) is 4.49. The average molecular weight is 235 g/mol. The van der Waals surface area contributed by atoms with Gasteiger partial charge < -0.3 is 5.73 Å². The molecule has 1 atom stereocenters. The highest BCUT2D eigenvalue weighted by Crippen LogP contribution is 2.24. The van der Waals surface area contributed by atoms with Gasteiger partial charge in [0.25, 0.3) is 0 Å². The number of nitrogens with two attached hydrogens (primary N) is 1. The number of hydrogen-bond donors (Lipinski definition) is 1. The van der Waals surface area contributed by atoms with E-state index in [0.717, 1.165) is 17.9 Å². The first-order valence-electron chi connectivity index (χ1n) is 6.23. The summed E-state index contributed by atoms with van der Waals surface area (Å²) in [5.41, 5.74) is 10.5. The van der Waals surface area contributed by atoms with E-state index in [0.29, 0.717) is 6.04 Å². The van der Waals surface area contributed by atoms with E-state index >= 15 is 0 Å². The fraction of sp³-hybridized carbons (Fsp3) is 0.571. The summed E-state index contributed by atoms with van der Waals surface area (Å²) in [5, 5.41) is 0. The molecule has 1 aliphatic rings. The maximum atomic E-state index is 5.91. The van der Waals surface area contributed by atoms with Gasteiger partial charge in [-0.2, -0.15) is 11.8 Å². The van der Waals surface area contributed by atoms with Crippen molar-refractivity contribution in [3.05, 3.63) is 34.9 Å². The summed E-state index contributed by atoms with van der Waals surface area (Å²) in [7, 11) is 0. The van der Waals surface area contributed by atoms with E-state index in [-0.39, 0.29) is 0 Å². The number of aryl methyl sites for hydroxylation is 2. The van der Waals surface area contributed by atoms with Crippen LogP contribution in [0.1, 0.15) is 36.5 Å². The molecule has 1 aromatic carbocycles. The van der Waals surface area contributed by atoms with Crippen molar-refractivity contribution in [2.24, 2.45) is 5.73 Å². The van der Waals surface area contributed by atoms with Crippen LogP contribution in [0, 0.1) is 0 Å². The Morgan fingerprint density at radius 1 is 1.31 bits per heavy atom. The maximum Gasteiger partial charge on any atom is 0.0185 e. The predicted molar refractivity (Wildman–Crippen MR) is 72.9 cm³/mol. The number of hydrogen-bond acceptors (Lipinski definition) is 2. The van der Waals surface area contributed by atoms with E-state index in [9.17, 15) is 0 Å². The van der Waals surface area contributed by atoms with Crippen molar-refractivity contribution in [3.8, 4) is 0 Å². The van der Waals surface area contributed by atoms with Gasteiger partial charge in [0, 0.05) is 17.5 Å². The lowest BCUT2D eigenvalue weighted by Gasteiger charge is -2.09. The van der Waals surface area contributed by atoms with Crippen LogP contribution in [0.25, 0.3) is 0 Å². The molecule has 0 saturated heterocycles. The minimum absolute atomic E-state index is 0.361. The molecule has 0 saturated carbocycles. The number of benzene rings is 1. The van der Waals surface area contributed by atoms with Gasteiger partial charge in [-0.05, 0) is 42.4 Å². The van der Waals surface area contributed by atoms with Crippen LogP contribution in [-0.2, 0) is 18.6 Å². The monoisotopic (exact) mass is 235 g/mol. The van der Waals surface area contributed by atoms with E-state index < -0.39 is 0 Å². The number of rotatable bonds is 5. The van der Waals surface area contributed by atoms with Crippen molar-refractivity contribution >= 4 is 11.8 Å². The zero-order chi connectivity index (χ0) is 11.4. The molecule has 88 valence electrons. The summed E-state index contributed by atoms with van der Waals surface area (Å²) in [4.78, 5) is 0. The highest BCUT2D eigenvalue weighted by atomic mass is 32.2. The average Bonchev–Trinajstić information content (AvgIpc) is 2.76. The standard InChI is InChI=1S/C14H21NS/c1-2-14(15)10-16-9-11-6-7-12-4-3-5-13(12)8-11/h6-8,14H,2-5,9-10,15H2,1H3. The molecule has 0 aromatic heterocycles. The van der Waals surface area contributed by atoms with Crippen LogP contribution < -0.4 is 5.73 Å². The van der Waals surface area contributed by atoms with E-state index in [4.69, 9.17) is 5.73 Å². The van der Waals surface area contributed by atoms with Gasteiger partial charge in [-0.15, -0.1) is 0 Å². The number of thioether (sulfide) groups is 1. The van der Waals surface area contributed by atoms with Crippen LogP contribution in [0.3, 0.4) is 0 Å². The summed E-state index contributed by atoms with van der Waals surface area (Å²) in [6.07, 6.45) is 4.98. The van der Waals surface area contributed by atoms with Gasteiger partial charge in [0.05, 0.1) is 0 Å². The van der Waals surface area contributed by atoms with E-state index in [2.05, 4.69) is 25.1 Å². The van der Waals surface area contributed by atoms with E-state index in [1.165, 1.54) is 24.8 Å². The van der Waals surface area contributed by atoms with E-state index in [1.807, 2.05) is 11.8 Å². The van der Waals surface area contributed by atoms with Gasteiger partial charge in [0.15, 0.2) is 0 Å². The first-order valence-corrected chi connectivity index (χ1v) is 7.39. The lowest BCUT2D eigenvalue weighted by atomic mass is 10.1. The first-order chi connectivity index (χ1) is 7.79. The molecule has 0 bridgehead atoms. The Kier molecular flexibility index (Phi) is 4.30. The second-order valence-corrected chi connectivity index (χ2v) is 5.67. The van der Waals surface area contributed by atoms with Crippen molar-refractivity contribution in [2.45, 2.75) is 44.4 Å². The molecular formula is C14H21NS. The molecule has 0 radical (unpaired) electrons. The molecule has 16 heavy (non-hydrogen) atoms. The third-order valence-electron chi connectivity index (χ3n) is 3.29. The number of fused-ring (bicyclic) bond motifs is 1. The lowest BCUT2D eigenvalue weighted by Crippen LogP contribution is -2.21. The molecular weight excluding hydrogens is 214 g/mol. The fourth-order valence-electron chi connectivity index (χ4n) is 2.16. The van der Waals surface area contributed by atoms with Crippen LogP contribution in [0.2, 0.25) is 0 Å². The molecule has 1 nitrogen and oxygen atoms in total. The first kappa shape index (κ1) is 12.0. The molecule has 2 heteroatoms. The Balaban J connectivity index is 1.86. The zero-order valence-corrected chi connectivity index (χ0v) is 10.9. The Morgan fingerprint density at radius 2 is 2.12 bits per heavy atom. The van der Waals surface area contributed by atoms with Gasteiger partial charge in [-0.1, -0.05) is 25.1 Å². The molecule has 1 aliphatic carbocycles. The molecule has 0 spiro atoms. The maximum absolute atomic E-state index is 5.91. The van der Waals surface area contributed by atoms with Gasteiger partial charge in [-0.25, -0.2) is 0 Å². The van der Waals surface area contributed by atoms with Gasteiger partial charge in [0.1, 0.15) is 0 Å². The van der Waals surface area contributed by atoms with Crippen LogP contribution in [0.5, 0.6) is 0 Å². The second kappa shape index (κ2) is 5.74. The summed E-state index contributed by atoms with van der Waals surface area (Å²) in [5.74, 6) is 2.19. The van der Waals surface area contributed by atoms with Gasteiger partial charge >= 0.3 is 0 Å². The lowest BCUT2D eigenvalue weighted by molar-refractivity contribution is 0.725. The topological polar surface area (TPSA) is 26.0 Å². The summed E-state index contributed by atoms with van der Waals surface area (Å²) in [6, 6.07) is 7.36. The molecule has 1 unspecified atom stereocenters. The van der Waals surface area contributed by atoms with Crippen LogP contribution >= 0.6 is 11.8 Å². The minimum Gasteiger partial charge on any atom is -0.327 e. The smallest absolute Gasteiger partial charge is 0.0185 e. The Labute approximate surface area is 103 Å². The van der Waals surface area contributed by atoms with Crippen LogP contribution in [0.4, 0.5) is 0 Å². The SMILES string of the molecule is CCC(N)CSCc1ccc2c(c1)CCC2. The van der Waals surface area contributed by atoms with Gasteiger partial charge in [0.2, 0.25) is 0 Å². The van der Waals surface area contributed by atoms with Crippen molar-refractivity contribution in [2.75, 3.05) is 5.75 Å². The molecule has 0 aliphatic heterocycles. The molecule has 0 heterocycles. The molecule has 0 fully saturated rings. The molecule has 2 rings (SSSR count). The Bertz CT molecular complexity index is 349. The summed E-state index contributed by atoms with van der Waals surface area (Å²) >= 11 is 1.96. The highest BCUT2D eigenvalue weighted by molar-refractivity contribution is 7.98. The molecule has 1 aromatic rings. The van der Waals surface area contributed by atoms with Crippen molar-refractivity contribution in [1.82, 2.24) is 0 Å². The quantitative estimate of drug-likeness (QED) is 0.848. The van der Waals surface area contributed by atoms with Crippen molar-refractivity contribution in [1.29, 1.82) is 0 Å². The van der Waals surface area contributed by atoms with Gasteiger partial charge in [-0.3, -0.25) is 0 Å². The minimum atomic E-state index is 0.361. The summed E-state index contributed by atoms with van der Waals surface area (Å²) in [6.45, 7) is 2.15. The molecule has 2 N–H and O–H groups in total. The fourth-order valence-corrected chi connectivity index (χ4v) is 3.23.